The zero-order valence-corrected chi connectivity index (χ0v) is 11.6. The van der Waals surface area contributed by atoms with Crippen LogP contribution in [0.4, 0.5) is 0 Å². The summed E-state index contributed by atoms with van der Waals surface area (Å²) in [6.07, 6.45) is 3.39. The van der Waals surface area contributed by atoms with Gasteiger partial charge in [0.1, 0.15) is 0 Å². The van der Waals surface area contributed by atoms with E-state index in [1.807, 2.05) is 0 Å². The van der Waals surface area contributed by atoms with Crippen molar-refractivity contribution >= 4 is 0 Å². The molecule has 1 aliphatic rings. The van der Waals surface area contributed by atoms with Gasteiger partial charge in [-0.3, -0.25) is 0 Å². The third kappa shape index (κ3) is 2.47. The lowest BCUT2D eigenvalue weighted by atomic mass is 9.76. The van der Waals surface area contributed by atoms with Crippen LogP contribution in [0, 0.1) is 23.2 Å². The Kier molecular flexibility index (Phi) is 3.83. The van der Waals surface area contributed by atoms with Crippen LogP contribution in [-0.4, -0.2) is 0 Å². The van der Waals surface area contributed by atoms with Crippen LogP contribution >= 0.6 is 0 Å². The molecular formula is C19H19N. The Morgan fingerprint density at radius 2 is 1.40 bits per heavy atom. The summed E-state index contributed by atoms with van der Waals surface area (Å²) in [5.74, 6) is 0.995. The average molecular weight is 261 g/mol. The number of nitrogens with zero attached hydrogens (tertiary/aromatic N) is 1. The lowest BCUT2D eigenvalue weighted by Gasteiger charge is -2.27. The fraction of sp³-hybridized carbons (Fsp3) is 0.316. The Balaban J connectivity index is 2.03. The lowest BCUT2D eigenvalue weighted by molar-refractivity contribution is 0.416. The second kappa shape index (κ2) is 5.92. The fourth-order valence-electron chi connectivity index (χ4n) is 3.56. The van der Waals surface area contributed by atoms with Crippen molar-refractivity contribution < 1.29 is 0 Å². The maximum Gasteiger partial charge on any atom is 0.0659 e. The van der Waals surface area contributed by atoms with E-state index in [0.717, 1.165) is 12.8 Å². The normalized spacial score (nSPS) is 21.8. The summed E-state index contributed by atoms with van der Waals surface area (Å²) in [6.45, 7) is 0. The highest BCUT2D eigenvalue weighted by Gasteiger charge is 2.35. The summed E-state index contributed by atoms with van der Waals surface area (Å²) in [4.78, 5) is 0. The number of benzene rings is 2. The van der Waals surface area contributed by atoms with Crippen molar-refractivity contribution in [1.29, 1.82) is 5.26 Å². The number of hydrogen-bond donors (Lipinski definition) is 0. The van der Waals surface area contributed by atoms with Crippen LogP contribution in [0.25, 0.3) is 0 Å². The molecule has 1 aliphatic carbocycles. The Hall–Kier alpha value is -2.07. The van der Waals surface area contributed by atoms with Gasteiger partial charge in [-0.2, -0.15) is 5.26 Å². The van der Waals surface area contributed by atoms with Crippen molar-refractivity contribution in [1.82, 2.24) is 0 Å². The molecule has 0 saturated heterocycles. The predicted molar refractivity (Wildman–Crippen MR) is 81.2 cm³/mol. The van der Waals surface area contributed by atoms with Crippen molar-refractivity contribution in [2.24, 2.45) is 11.8 Å². The standard InChI is InChI=1S/C19H19N/c20-14-17-12-7-13-18(17)19(15-8-3-1-4-9-15)16-10-5-2-6-11-16/h1-6,8-11,17-19H,7,12-13H2/t17-,18-/m1/s1. The number of rotatable bonds is 3. The minimum Gasteiger partial charge on any atom is -0.198 e. The van der Waals surface area contributed by atoms with Gasteiger partial charge in [-0.05, 0) is 29.9 Å². The van der Waals surface area contributed by atoms with E-state index in [4.69, 9.17) is 0 Å². The zero-order chi connectivity index (χ0) is 13.8. The van der Waals surface area contributed by atoms with Crippen LogP contribution in [0.15, 0.2) is 60.7 Å². The molecule has 2 aromatic carbocycles. The van der Waals surface area contributed by atoms with Crippen molar-refractivity contribution in [2.45, 2.75) is 25.2 Å². The van der Waals surface area contributed by atoms with Crippen LogP contribution in [-0.2, 0) is 0 Å². The van der Waals surface area contributed by atoms with Gasteiger partial charge in [-0.1, -0.05) is 67.1 Å². The molecule has 1 heteroatoms. The van der Waals surface area contributed by atoms with Gasteiger partial charge in [-0.25, -0.2) is 0 Å². The largest absolute Gasteiger partial charge is 0.198 e. The highest BCUT2D eigenvalue weighted by Crippen LogP contribution is 2.44. The van der Waals surface area contributed by atoms with Crippen LogP contribution < -0.4 is 0 Å². The summed E-state index contributed by atoms with van der Waals surface area (Å²) in [6, 6.07) is 23.8. The van der Waals surface area contributed by atoms with E-state index in [2.05, 4.69) is 66.7 Å². The molecule has 1 fully saturated rings. The first-order chi connectivity index (χ1) is 9.90. The van der Waals surface area contributed by atoms with E-state index in [-0.39, 0.29) is 5.92 Å². The summed E-state index contributed by atoms with van der Waals surface area (Å²) < 4.78 is 0. The molecule has 0 bridgehead atoms. The molecule has 0 spiro atoms. The molecule has 0 radical (unpaired) electrons. The van der Waals surface area contributed by atoms with Crippen molar-refractivity contribution in [3.05, 3.63) is 71.8 Å². The molecule has 0 amide bonds. The van der Waals surface area contributed by atoms with E-state index in [0.29, 0.717) is 11.8 Å². The molecule has 20 heavy (non-hydrogen) atoms. The molecule has 1 nitrogen and oxygen atoms in total. The number of hydrogen-bond acceptors (Lipinski definition) is 1. The summed E-state index contributed by atoms with van der Waals surface area (Å²) in [5, 5.41) is 9.43. The zero-order valence-electron chi connectivity index (χ0n) is 11.6. The monoisotopic (exact) mass is 261 g/mol. The molecule has 3 rings (SSSR count). The highest BCUT2D eigenvalue weighted by atomic mass is 14.4. The summed E-state index contributed by atoms with van der Waals surface area (Å²) in [5.41, 5.74) is 2.68. The van der Waals surface area contributed by atoms with Gasteiger partial charge in [0.2, 0.25) is 0 Å². The van der Waals surface area contributed by atoms with Gasteiger partial charge in [0, 0.05) is 5.92 Å². The summed E-state index contributed by atoms with van der Waals surface area (Å²) in [7, 11) is 0. The first-order valence-corrected chi connectivity index (χ1v) is 7.39. The van der Waals surface area contributed by atoms with Gasteiger partial charge in [0.05, 0.1) is 12.0 Å². The second-order valence-electron chi connectivity index (χ2n) is 5.63. The molecule has 2 aromatic rings. The smallest absolute Gasteiger partial charge is 0.0659 e. The topological polar surface area (TPSA) is 23.8 Å². The van der Waals surface area contributed by atoms with Crippen LogP contribution in [0.5, 0.6) is 0 Å². The Bertz CT molecular complexity index is 543. The van der Waals surface area contributed by atoms with Gasteiger partial charge in [0.25, 0.3) is 0 Å². The Morgan fingerprint density at radius 1 is 0.850 bits per heavy atom. The van der Waals surface area contributed by atoms with Crippen LogP contribution in [0.3, 0.4) is 0 Å². The molecular weight excluding hydrogens is 242 g/mol. The minimum absolute atomic E-state index is 0.195. The molecule has 0 heterocycles. The van der Waals surface area contributed by atoms with Gasteiger partial charge in [0.15, 0.2) is 0 Å². The maximum atomic E-state index is 9.43. The lowest BCUT2D eigenvalue weighted by Crippen LogP contribution is -2.17. The fourth-order valence-corrected chi connectivity index (χ4v) is 3.56. The van der Waals surface area contributed by atoms with Gasteiger partial charge in [-0.15, -0.1) is 0 Å². The second-order valence-corrected chi connectivity index (χ2v) is 5.63. The van der Waals surface area contributed by atoms with E-state index in [1.165, 1.54) is 17.5 Å². The van der Waals surface area contributed by atoms with Gasteiger partial charge >= 0.3 is 0 Å². The van der Waals surface area contributed by atoms with Crippen molar-refractivity contribution in [3.63, 3.8) is 0 Å². The van der Waals surface area contributed by atoms with Gasteiger partial charge < -0.3 is 0 Å². The molecule has 100 valence electrons. The summed E-state index contributed by atoms with van der Waals surface area (Å²) >= 11 is 0. The molecule has 0 aromatic heterocycles. The Labute approximate surface area is 120 Å². The molecule has 0 aliphatic heterocycles. The van der Waals surface area contributed by atoms with Crippen molar-refractivity contribution in [3.8, 4) is 6.07 Å². The van der Waals surface area contributed by atoms with Crippen LogP contribution in [0.1, 0.15) is 36.3 Å². The Morgan fingerprint density at radius 3 is 1.90 bits per heavy atom. The first kappa shape index (κ1) is 12.9. The molecule has 1 saturated carbocycles. The third-order valence-electron chi connectivity index (χ3n) is 4.48. The minimum atomic E-state index is 0.195. The maximum absolute atomic E-state index is 9.43. The highest BCUT2D eigenvalue weighted by molar-refractivity contribution is 5.34. The van der Waals surface area contributed by atoms with E-state index in [9.17, 15) is 5.26 Å². The number of nitriles is 1. The quantitative estimate of drug-likeness (QED) is 0.781. The molecule has 2 atom stereocenters. The van der Waals surface area contributed by atoms with E-state index >= 15 is 0 Å². The SMILES string of the molecule is N#C[C@H]1CCC[C@H]1C(c1ccccc1)c1ccccc1. The molecule has 0 unspecified atom stereocenters. The van der Waals surface area contributed by atoms with E-state index < -0.39 is 0 Å². The van der Waals surface area contributed by atoms with E-state index in [1.54, 1.807) is 0 Å². The predicted octanol–water partition coefficient (Wildman–Crippen LogP) is 4.76. The third-order valence-corrected chi connectivity index (χ3v) is 4.48. The van der Waals surface area contributed by atoms with Crippen molar-refractivity contribution in [2.75, 3.05) is 0 Å². The first-order valence-electron chi connectivity index (χ1n) is 7.39. The molecule has 0 N–H and O–H groups in total. The average Bonchev–Trinajstić information content (AvgIpc) is 2.98. The van der Waals surface area contributed by atoms with Crippen LogP contribution in [0.2, 0.25) is 0 Å².